The van der Waals surface area contributed by atoms with E-state index in [0.717, 1.165) is 16.8 Å². The molecule has 1 heterocycles. The molecule has 1 N–H and O–H groups in total. The molecule has 2 atom stereocenters. The fourth-order valence-corrected chi connectivity index (χ4v) is 4.63. The van der Waals surface area contributed by atoms with Crippen molar-refractivity contribution in [3.63, 3.8) is 0 Å². The number of aryl methyl sites for hydroxylation is 1. The molecule has 0 aliphatic heterocycles. The number of carboxylic acids is 1. The number of carboxylic acid groups (broad SMARTS) is 1. The number of nitrogens with zero attached hydrogens (tertiary/aromatic N) is 2. The van der Waals surface area contributed by atoms with Crippen molar-refractivity contribution in [3.8, 4) is 16.9 Å². The number of aliphatic carboxylic acids is 1. The summed E-state index contributed by atoms with van der Waals surface area (Å²) in [7, 11) is 0. The summed E-state index contributed by atoms with van der Waals surface area (Å²) in [6.45, 7) is 6.01. The van der Waals surface area contributed by atoms with Crippen molar-refractivity contribution >= 4 is 52.4 Å². The van der Waals surface area contributed by atoms with Crippen LogP contribution in [0.1, 0.15) is 25.1 Å². The van der Waals surface area contributed by atoms with Crippen molar-refractivity contribution in [2.45, 2.75) is 32.6 Å². The van der Waals surface area contributed by atoms with E-state index in [1.54, 1.807) is 41.1 Å². The molecule has 4 rings (SSSR count). The van der Waals surface area contributed by atoms with Crippen LogP contribution < -0.4 is 0 Å². The van der Waals surface area contributed by atoms with Crippen molar-refractivity contribution in [1.29, 1.82) is 0 Å². The molecular weight excluding hydrogens is 538 g/mol. The fourth-order valence-electron chi connectivity index (χ4n) is 3.73. The SMILES string of the molecule is CC.Cc1ccc(-c2cc(CC(C(=O)O)C3=CC=CC(Cl)C=C3Cl)nn2-c2ccc(Cl)c(Cl)c2)cc1. The zero-order valence-corrected chi connectivity index (χ0v) is 23.1. The Hall–Kier alpha value is -2.50. The first-order valence-electron chi connectivity index (χ1n) is 11.5. The minimum Gasteiger partial charge on any atom is -0.481 e. The van der Waals surface area contributed by atoms with Crippen LogP contribution in [-0.4, -0.2) is 26.2 Å². The summed E-state index contributed by atoms with van der Waals surface area (Å²) in [5.41, 5.74) is 4.65. The van der Waals surface area contributed by atoms with Gasteiger partial charge in [0.05, 0.1) is 38.4 Å². The highest BCUT2D eigenvalue weighted by molar-refractivity contribution is 6.42. The van der Waals surface area contributed by atoms with Crippen LogP contribution in [0.5, 0.6) is 0 Å². The smallest absolute Gasteiger partial charge is 0.311 e. The predicted molar refractivity (Wildman–Crippen MR) is 151 cm³/mol. The van der Waals surface area contributed by atoms with Gasteiger partial charge in [-0.25, -0.2) is 4.68 Å². The van der Waals surface area contributed by atoms with Gasteiger partial charge in [-0.15, -0.1) is 11.6 Å². The third-order valence-electron chi connectivity index (χ3n) is 5.49. The molecule has 0 saturated carbocycles. The molecule has 1 aliphatic carbocycles. The number of alkyl halides is 1. The number of rotatable bonds is 6. The Morgan fingerprint density at radius 2 is 1.75 bits per heavy atom. The van der Waals surface area contributed by atoms with E-state index >= 15 is 0 Å². The third kappa shape index (κ3) is 6.63. The van der Waals surface area contributed by atoms with Gasteiger partial charge in [0.15, 0.2) is 0 Å². The Bertz CT molecular complexity index is 1320. The molecule has 0 radical (unpaired) electrons. The first-order valence-corrected chi connectivity index (χ1v) is 13.0. The molecule has 36 heavy (non-hydrogen) atoms. The lowest BCUT2D eigenvalue weighted by Gasteiger charge is -2.14. The van der Waals surface area contributed by atoms with Crippen LogP contribution in [0.15, 0.2) is 83.4 Å². The number of carbonyl (C=O) groups is 1. The van der Waals surface area contributed by atoms with Crippen LogP contribution in [0.2, 0.25) is 10.0 Å². The second-order valence-corrected chi connectivity index (χ2v) is 9.68. The second-order valence-electron chi connectivity index (χ2n) is 7.96. The number of aromatic nitrogens is 2. The standard InChI is InChI=1S/C26H20Cl4N2O2.C2H6/c1-15-5-7-16(8-6-15)25-13-18(31-32(25)19-9-10-22(28)24(30)14-19)12-21(26(33)34)20-4-2-3-17(27)11-23(20)29;1-2/h2-11,13-14,17,21H,12H2,1H3,(H,33,34);1-2H3. The predicted octanol–water partition coefficient (Wildman–Crippen LogP) is 8.65. The summed E-state index contributed by atoms with van der Waals surface area (Å²) >= 11 is 24.9. The van der Waals surface area contributed by atoms with Crippen molar-refractivity contribution in [3.05, 3.63) is 105 Å². The first kappa shape index (κ1) is 28.1. The number of hydrogen-bond acceptors (Lipinski definition) is 2. The van der Waals surface area contributed by atoms with Gasteiger partial charge in [-0.3, -0.25) is 4.79 Å². The number of allylic oxidation sites excluding steroid dienone is 5. The van der Waals surface area contributed by atoms with Gasteiger partial charge in [0.25, 0.3) is 0 Å². The molecule has 3 aromatic rings. The quantitative estimate of drug-likeness (QED) is 0.305. The lowest BCUT2D eigenvalue weighted by atomic mass is 9.93. The second kappa shape index (κ2) is 12.6. The molecule has 0 amide bonds. The minimum atomic E-state index is -1.000. The Kier molecular flexibility index (Phi) is 9.86. The van der Waals surface area contributed by atoms with E-state index in [1.165, 1.54) is 0 Å². The molecule has 188 valence electrons. The zero-order chi connectivity index (χ0) is 26.4. The van der Waals surface area contributed by atoms with Crippen LogP contribution in [-0.2, 0) is 11.2 Å². The molecule has 0 spiro atoms. The Labute approximate surface area is 231 Å². The summed E-state index contributed by atoms with van der Waals surface area (Å²) < 4.78 is 1.74. The average Bonchev–Trinajstić information content (AvgIpc) is 3.20. The summed E-state index contributed by atoms with van der Waals surface area (Å²) in [4.78, 5) is 12.2. The minimum absolute atomic E-state index is 0.138. The van der Waals surface area contributed by atoms with Crippen molar-refractivity contribution in [2.24, 2.45) is 5.92 Å². The average molecular weight is 564 g/mol. The van der Waals surface area contributed by atoms with Crippen LogP contribution in [0.25, 0.3) is 16.9 Å². The third-order valence-corrected chi connectivity index (χ3v) is 6.85. The largest absolute Gasteiger partial charge is 0.481 e. The van der Waals surface area contributed by atoms with E-state index in [0.29, 0.717) is 32.0 Å². The van der Waals surface area contributed by atoms with Gasteiger partial charge < -0.3 is 5.11 Å². The van der Waals surface area contributed by atoms with Crippen molar-refractivity contribution in [1.82, 2.24) is 9.78 Å². The van der Waals surface area contributed by atoms with Crippen molar-refractivity contribution in [2.75, 3.05) is 0 Å². The van der Waals surface area contributed by atoms with Crippen LogP contribution in [0.3, 0.4) is 0 Å². The van der Waals surface area contributed by atoms with Crippen LogP contribution in [0, 0.1) is 12.8 Å². The maximum Gasteiger partial charge on any atom is 0.311 e. The highest BCUT2D eigenvalue weighted by Crippen LogP contribution is 2.33. The summed E-state index contributed by atoms with van der Waals surface area (Å²) in [6.07, 6.45) is 6.92. The maximum absolute atomic E-state index is 12.2. The van der Waals surface area contributed by atoms with Gasteiger partial charge in [0, 0.05) is 17.0 Å². The van der Waals surface area contributed by atoms with E-state index in [-0.39, 0.29) is 6.42 Å². The van der Waals surface area contributed by atoms with Crippen molar-refractivity contribution < 1.29 is 9.90 Å². The topological polar surface area (TPSA) is 55.1 Å². The van der Waals surface area contributed by atoms with E-state index in [2.05, 4.69) is 0 Å². The molecule has 2 aromatic carbocycles. The number of halogens is 4. The van der Waals surface area contributed by atoms with E-state index in [4.69, 9.17) is 51.5 Å². The number of benzene rings is 2. The lowest BCUT2D eigenvalue weighted by molar-refractivity contribution is -0.140. The molecule has 8 heteroatoms. The summed E-state index contributed by atoms with van der Waals surface area (Å²) in [5.74, 6) is -1.90. The normalized spacial score (nSPS) is 15.8. The highest BCUT2D eigenvalue weighted by Gasteiger charge is 2.27. The van der Waals surface area contributed by atoms with Gasteiger partial charge in [0.1, 0.15) is 0 Å². The molecule has 0 fully saturated rings. The Morgan fingerprint density at radius 1 is 1.06 bits per heavy atom. The monoisotopic (exact) mass is 562 g/mol. The zero-order valence-electron chi connectivity index (χ0n) is 20.1. The van der Waals surface area contributed by atoms with Gasteiger partial charge in [0.2, 0.25) is 0 Å². The molecule has 4 nitrogen and oxygen atoms in total. The van der Waals surface area contributed by atoms with E-state index in [9.17, 15) is 9.90 Å². The molecule has 2 unspecified atom stereocenters. The molecule has 0 bridgehead atoms. The summed E-state index contributed by atoms with van der Waals surface area (Å²) in [6, 6.07) is 15.2. The molecule has 0 saturated heterocycles. The Balaban J connectivity index is 0.00000176. The van der Waals surface area contributed by atoms with E-state index < -0.39 is 17.3 Å². The van der Waals surface area contributed by atoms with E-state index in [1.807, 2.05) is 57.2 Å². The van der Waals surface area contributed by atoms with Crippen LogP contribution >= 0.6 is 46.4 Å². The van der Waals surface area contributed by atoms with Gasteiger partial charge >= 0.3 is 5.97 Å². The lowest BCUT2D eigenvalue weighted by Crippen LogP contribution is -2.20. The Morgan fingerprint density at radius 3 is 2.39 bits per heavy atom. The first-order chi connectivity index (χ1) is 17.2. The molecule has 1 aromatic heterocycles. The summed E-state index contributed by atoms with van der Waals surface area (Å²) in [5, 5.41) is 15.5. The fraction of sp³-hybridized carbons (Fsp3) is 0.214. The van der Waals surface area contributed by atoms with Crippen LogP contribution in [0.4, 0.5) is 0 Å². The van der Waals surface area contributed by atoms with Gasteiger partial charge in [-0.1, -0.05) is 96.7 Å². The van der Waals surface area contributed by atoms with Gasteiger partial charge in [-0.2, -0.15) is 5.10 Å². The molecular formula is C28H26Cl4N2O2. The molecule has 1 aliphatic rings. The number of hydrogen-bond donors (Lipinski definition) is 1. The van der Waals surface area contributed by atoms with Gasteiger partial charge in [-0.05, 0) is 42.8 Å². The highest BCUT2D eigenvalue weighted by atomic mass is 35.5. The maximum atomic E-state index is 12.2.